The van der Waals surface area contributed by atoms with Gasteiger partial charge in [-0.15, -0.1) is 24.0 Å². The predicted molar refractivity (Wildman–Crippen MR) is 124 cm³/mol. The average molecular weight is 500 g/mol. The van der Waals surface area contributed by atoms with Gasteiger partial charge in [-0.3, -0.25) is 4.99 Å². The number of nitrogens with one attached hydrogen (secondary N) is 2. The number of methoxy groups -OCH3 is 1. The Morgan fingerprint density at radius 1 is 1.18 bits per heavy atom. The Labute approximate surface area is 184 Å². The van der Waals surface area contributed by atoms with Crippen molar-refractivity contribution in [2.45, 2.75) is 19.5 Å². The van der Waals surface area contributed by atoms with Crippen molar-refractivity contribution in [3.05, 3.63) is 65.0 Å². The normalized spacial score (nSPS) is 12.3. The van der Waals surface area contributed by atoms with Gasteiger partial charge in [0.15, 0.2) is 5.96 Å². The van der Waals surface area contributed by atoms with E-state index < -0.39 is 0 Å². The lowest BCUT2D eigenvalue weighted by Gasteiger charge is -2.27. The van der Waals surface area contributed by atoms with Crippen LogP contribution in [0.3, 0.4) is 0 Å². The molecule has 0 spiro atoms. The number of hydrogen-bond donors (Lipinski definition) is 2. The maximum Gasteiger partial charge on any atom is 0.191 e. The first-order chi connectivity index (χ1) is 13.0. The van der Waals surface area contributed by atoms with E-state index in [-0.39, 0.29) is 35.8 Å². The highest BCUT2D eigenvalue weighted by Crippen LogP contribution is 2.27. The van der Waals surface area contributed by atoms with Crippen molar-refractivity contribution in [1.82, 2.24) is 15.5 Å². The topological polar surface area (TPSA) is 48.9 Å². The number of guanidine groups is 1. The number of hydrogen-bond acceptors (Lipinski definition) is 3. The van der Waals surface area contributed by atoms with Crippen molar-refractivity contribution >= 4 is 29.9 Å². The first-order valence-corrected chi connectivity index (χ1v) is 8.95. The first kappa shape index (κ1) is 24.2. The molecular weight excluding hydrogens is 470 g/mol. The fourth-order valence-corrected chi connectivity index (χ4v) is 2.86. The molecule has 0 aliphatic heterocycles. The Morgan fingerprint density at radius 2 is 1.89 bits per heavy atom. The molecule has 0 aliphatic rings. The van der Waals surface area contributed by atoms with E-state index in [4.69, 9.17) is 4.74 Å². The van der Waals surface area contributed by atoms with E-state index in [0.717, 1.165) is 16.9 Å². The minimum atomic E-state index is -0.193. The fourth-order valence-electron chi connectivity index (χ4n) is 2.86. The molecule has 0 saturated heterocycles. The van der Waals surface area contributed by atoms with Gasteiger partial charge in [-0.1, -0.05) is 30.3 Å². The Morgan fingerprint density at radius 3 is 2.50 bits per heavy atom. The number of halogens is 2. The number of para-hydroxylation sites is 1. The molecule has 0 heterocycles. The lowest BCUT2D eigenvalue weighted by atomic mass is 10.0. The SMILES string of the molecule is CN=C(NCc1ccc(C)c(F)c1)NCC(c1ccccc1OC)N(C)C.I. The summed E-state index contributed by atoms with van der Waals surface area (Å²) < 4.78 is 19.2. The molecule has 2 aromatic carbocycles. The molecule has 5 nitrogen and oxygen atoms in total. The summed E-state index contributed by atoms with van der Waals surface area (Å²) >= 11 is 0. The molecule has 0 radical (unpaired) electrons. The number of aryl methyl sites for hydroxylation is 1. The van der Waals surface area contributed by atoms with Gasteiger partial charge in [0.25, 0.3) is 0 Å². The van der Waals surface area contributed by atoms with Crippen LogP contribution in [0.1, 0.15) is 22.7 Å². The minimum Gasteiger partial charge on any atom is -0.496 e. The molecule has 0 saturated carbocycles. The zero-order valence-electron chi connectivity index (χ0n) is 17.1. The summed E-state index contributed by atoms with van der Waals surface area (Å²) in [5, 5.41) is 6.57. The first-order valence-electron chi connectivity index (χ1n) is 8.95. The van der Waals surface area contributed by atoms with Crippen molar-refractivity contribution < 1.29 is 9.13 Å². The summed E-state index contributed by atoms with van der Waals surface area (Å²) in [5.41, 5.74) is 2.62. The van der Waals surface area contributed by atoms with E-state index in [1.165, 1.54) is 0 Å². The van der Waals surface area contributed by atoms with Gasteiger partial charge in [-0.2, -0.15) is 0 Å². The predicted octanol–water partition coefficient (Wildman–Crippen LogP) is 3.73. The molecule has 0 amide bonds. The number of likely N-dealkylation sites (N-methyl/N-ethyl adjacent to an activating group) is 1. The van der Waals surface area contributed by atoms with Crippen LogP contribution >= 0.6 is 24.0 Å². The number of aliphatic imine (C=N–C) groups is 1. The van der Waals surface area contributed by atoms with Crippen molar-refractivity contribution in [3.8, 4) is 5.75 Å². The standard InChI is InChI=1S/C21H29FN4O.HI/c1-15-10-11-16(12-18(15)22)13-24-21(23-2)25-14-19(26(3)4)17-8-6-7-9-20(17)27-5;/h6-12,19H,13-14H2,1-5H3,(H2,23,24,25);1H. The average Bonchev–Trinajstić information content (AvgIpc) is 2.67. The number of rotatable bonds is 7. The highest BCUT2D eigenvalue weighted by atomic mass is 127. The summed E-state index contributed by atoms with van der Waals surface area (Å²) in [7, 11) is 7.47. The van der Waals surface area contributed by atoms with Crippen LogP contribution in [-0.2, 0) is 6.54 Å². The molecule has 1 atom stereocenters. The van der Waals surface area contributed by atoms with Crippen molar-refractivity contribution in [2.24, 2.45) is 4.99 Å². The van der Waals surface area contributed by atoms with Crippen molar-refractivity contribution in [1.29, 1.82) is 0 Å². The molecule has 0 aromatic heterocycles. The smallest absolute Gasteiger partial charge is 0.191 e. The van der Waals surface area contributed by atoms with Gasteiger partial charge in [0.1, 0.15) is 11.6 Å². The van der Waals surface area contributed by atoms with Crippen LogP contribution in [0.2, 0.25) is 0 Å². The van der Waals surface area contributed by atoms with E-state index in [1.807, 2.05) is 38.4 Å². The summed E-state index contributed by atoms with van der Waals surface area (Å²) in [6, 6.07) is 13.4. The largest absolute Gasteiger partial charge is 0.496 e. The molecule has 1 unspecified atom stereocenters. The number of benzene rings is 2. The highest BCUT2D eigenvalue weighted by molar-refractivity contribution is 14.0. The van der Waals surface area contributed by atoms with E-state index in [0.29, 0.717) is 24.6 Å². The second-order valence-corrected chi connectivity index (χ2v) is 6.61. The fraction of sp³-hybridized carbons (Fsp3) is 0.381. The summed E-state index contributed by atoms with van der Waals surface area (Å²) in [4.78, 5) is 6.39. The van der Waals surface area contributed by atoms with Crippen molar-refractivity contribution in [2.75, 3.05) is 34.8 Å². The molecule has 2 N–H and O–H groups in total. The van der Waals surface area contributed by atoms with Gasteiger partial charge in [0.05, 0.1) is 13.2 Å². The van der Waals surface area contributed by atoms with Crippen LogP contribution in [0.25, 0.3) is 0 Å². The zero-order chi connectivity index (χ0) is 19.8. The van der Waals surface area contributed by atoms with E-state index in [1.54, 1.807) is 33.2 Å². The van der Waals surface area contributed by atoms with Crippen LogP contribution in [-0.4, -0.2) is 45.7 Å². The quantitative estimate of drug-likeness (QED) is 0.346. The van der Waals surface area contributed by atoms with Gasteiger partial charge < -0.3 is 20.3 Å². The lowest BCUT2D eigenvalue weighted by molar-refractivity contribution is 0.287. The van der Waals surface area contributed by atoms with E-state index >= 15 is 0 Å². The summed E-state index contributed by atoms with van der Waals surface area (Å²) in [5.74, 6) is 1.33. The Kier molecular flexibility index (Phi) is 10.2. The van der Waals surface area contributed by atoms with Gasteiger partial charge >= 0.3 is 0 Å². The van der Waals surface area contributed by atoms with Gasteiger partial charge in [-0.25, -0.2) is 4.39 Å². The Bertz CT molecular complexity index is 783. The van der Waals surface area contributed by atoms with Crippen molar-refractivity contribution in [3.63, 3.8) is 0 Å². The third-order valence-corrected chi connectivity index (χ3v) is 4.50. The number of ether oxygens (including phenoxy) is 1. The third kappa shape index (κ3) is 6.63. The maximum atomic E-state index is 13.7. The third-order valence-electron chi connectivity index (χ3n) is 4.50. The van der Waals surface area contributed by atoms with Gasteiger partial charge in [0, 0.05) is 25.7 Å². The minimum absolute atomic E-state index is 0. The summed E-state index contributed by atoms with van der Waals surface area (Å²) in [6.07, 6.45) is 0. The maximum absolute atomic E-state index is 13.7. The lowest BCUT2D eigenvalue weighted by Crippen LogP contribution is -2.41. The molecule has 7 heteroatoms. The number of nitrogens with zero attached hydrogens (tertiary/aromatic N) is 2. The molecule has 0 fully saturated rings. The second kappa shape index (κ2) is 11.9. The van der Waals surface area contributed by atoms with Crippen LogP contribution in [0, 0.1) is 12.7 Å². The Hall–Kier alpha value is -1.87. The van der Waals surface area contributed by atoms with Gasteiger partial charge in [-0.05, 0) is 44.3 Å². The molecule has 0 aliphatic carbocycles. The van der Waals surface area contributed by atoms with Crippen LogP contribution in [0.5, 0.6) is 5.75 Å². The van der Waals surface area contributed by atoms with E-state index in [2.05, 4.69) is 26.6 Å². The molecule has 2 aromatic rings. The monoisotopic (exact) mass is 500 g/mol. The van der Waals surface area contributed by atoms with Crippen LogP contribution in [0.4, 0.5) is 4.39 Å². The highest BCUT2D eigenvalue weighted by Gasteiger charge is 2.18. The molecular formula is C21H30FIN4O. The van der Waals surface area contributed by atoms with Crippen LogP contribution in [0.15, 0.2) is 47.5 Å². The molecule has 154 valence electrons. The molecule has 28 heavy (non-hydrogen) atoms. The molecule has 0 bridgehead atoms. The van der Waals surface area contributed by atoms with Gasteiger partial charge in [0.2, 0.25) is 0 Å². The van der Waals surface area contributed by atoms with E-state index in [9.17, 15) is 4.39 Å². The zero-order valence-corrected chi connectivity index (χ0v) is 19.5. The van der Waals surface area contributed by atoms with Crippen LogP contribution < -0.4 is 15.4 Å². The summed E-state index contributed by atoms with van der Waals surface area (Å²) in [6.45, 7) is 2.90. The second-order valence-electron chi connectivity index (χ2n) is 6.61. The molecule has 2 rings (SSSR count). The Balaban J connectivity index is 0.00000392.